The van der Waals surface area contributed by atoms with Crippen molar-refractivity contribution in [3.05, 3.63) is 78.4 Å². The molecule has 0 saturated heterocycles. The third-order valence-corrected chi connectivity index (χ3v) is 15.9. The standard InChI is InChI=1S/C41H46F17NO7Si/c1-7-63-32(60)12-10-8-9-11-31(66-33(61)59-28-15-19-29(62-6)20-16-28)27-13-17-30(18-14-27)64-22-23-65-67(25(2)3,26(4)5)24-21-34(42,43)35(44,45)36(46,47)37(48,49)38(50,51)39(52,53)40(54,55)41(56,57)58/h8-10,12-20,25-26,31H,7,11,21-24H2,1-6H3,(H,59,61)/b9-8+,12-10+/t31-/m1/s1. The number of hydrogen-bond donors (Lipinski definition) is 1. The molecule has 67 heavy (non-hydrogen) atoms. The minimum Gasteiger partial charge on any atom is -0.497 e. The molecule has 0 aliphatic rings. The second-order valence-electron chi connectivity index (χ2n) is 15.2. The molecule has 0 bridgehead atoms. The summed E-state index contributed by atoms with van der Waals surface area (Å²) in [6.45, 7) is 6.08. The van der Waals surface area contributed by atoms with Crippen LogP contribution >= 0.6 is 0 Å². The number of rotatable bonds is 25. The zero-order valence-electron chi connectivity index (χ0n) is 36.2. The van der Waals surface area contributed by atoms with Crippen molar-refractivity contribution in [2.24, 2.45) is 0 Å². The molecule has 1 N–H and O–H groups in total. The molecule has 1 amide bonds. The van der Waals surface area contributed by atoms with Crippen LogP contribution in [0.15, 0.2) is 72.8 Å². The SMILES string of the molecule is CCOC(=O)/C=C/C=C/C[C@@H](OC(=O)Nc1ccc(OC)cc1)c1ccc(OCCO[Si](CCC(F)(F)C(F)(F)C(F)(F)C(F)(F)C(F)(F)C(F)(F)C(F)(F)C(F)(F)F)(C(C)C)C(C)C)cc1. The van der Waals surface area contributed by atoms with Gasteiger partial charge >= 0.3 is 59.7 Å². The van der Waals surface area contributed by atoms with Gasteiger partial charge in [-0.15, -0.1) is 0 Å². The molecule has 0 saturated carbocycles. The topological polar surface area (TPSA) is 92.3 Å². The van der Waals surface area contributed by atoms with Gasteiger partial charge in [0.1, 0.15) is 24.2 Å². The largest absolute Gasteiger partial charge is 0.497 e. The first-order valence-electron chi connectivity index (χ1n) is 19.7. The normalized spacial score (nSPS) is 14.5. The Balaban J connectivity index is 2.27. The highest BCUT2D eigenvalue weighted by Crippen LogP contribution is 2.64. The number of ether oxygens (including phenoxy) is 4. The lowest BCUT2D eigenvalue weighted by molar-refractivity contribution is -0.461. The summed E-state index contributed by atoms with van der Waals surface area (Å²) < 4.78 is 263. The van der Waals surface area contributed by atoms with Crippen molar-refractivity contribution >= 4 is 26.1 Å². The summed E-state index contributed by atoms with van der Waals surface area (Å²) >= 11 is 0. The molecule has 8 nitrogen and oxygen atoms in total. The van der Waals surface area contributed by atoms with Crippen LogP contribution in [0.25, 0.3) is 0 Å². The van der Waals surface area contributed by atoms with Crippen LogP contribution in [0.2, 0.25) is 17.1 Å². The average Bonchev–Trinajstić information content (AvgIpc) is 3.22. The molecule has 2 aromatic rings. The van der Waals surface area contributed by atoms with E-state index in [4.69, 9.17) is 23.4 Å². The number of esters is 1. The number of carbonyl (C=O) groups is 2. The van der Waals surface area contributed by atoms with Crippen molar-refractivity contribution in [1.82, 2.24) is 0 Å². The fraction of sp³-hybridized carbons (Fsp3) is 0.561. The van der Waals surface area contributed by atoms with Crippen LogP contribution in [0.5, 0.6) is 11.5 Å². The van der Waals surface area contributed by atoms with Gasteiger partial charge in [0.2, 0.25) is 0 Å². The first kappa shape index (κ1) is 58.4. The van der Waals surface area contributed by atoms with E-state index in [1.54, 1.807) is 37.3 Å². The maximum absolute atomic E-state index is 15.0. The monoisotopic (exact) mass is 1020 g/mol. The summed E-state index contributed by atoms with van der Waals surface area (Å²) in [7, 11) is -2.57. The van der Waals surface area contributed by atoms with E-state index in [2.05, 4.69) is 5.32 Å². The van der Waals surface area contributed by atoms with Gasteiger partial charge in [0.15, 0.2) is 8.32 Å². The summed E-state index contributed by atoms with van der Waals surface area (Å²) in [6, 6.07) is 10.7. The molecule has 1 atom stereocenters. The Kier molecular flexibility index (Phi) is 19.3. The molecule has 0 aliphatic carbocycles. The fourth-order valence-corrected chi connectivity index (χ4v) is 10.8. The Morgan fingerprint density at radius 3 is 1.63 bits per heavy atom. The lowest BCUT2D eigenvalue weighted by Crippen LogP contribution is -2.74. The number of methoxy groups -OCH3 is 1. The van der Waals surface area contributed by atoms with E-state index in [-0.39, 0.29) is 18.8 Å². The maximum atomic E-state index is 15.0. The Morgan fingerprint density at radius 1 is 0.657 bits per heavy atom. The molecule has 0 unspecified atom stereocenters. The molecule has 0 aromatic heterocycles. The van der Waals surface area contributed by atoms with Gasteiger partial charge in [0, 0.05) is 24.6 Å². The Morgan fingerprint density at radius 2 is 1.15 bits per heavy atom. The zero-order chi connectivity index (χ0) is 51.7. The quantitative estimate of drug-likeness (QED) is 0.0264. The van der Waals surface area contributed by atoms with E-state index < -0.39 is 111 Å². The van der Waals surface area contributed by atoms with Crippen LogP contribution < -0.4 is 14.8 Å². The van der Waals surface area contributed by atoms with E-state index in [9.17, 15) is 75.4 Å². The molecular formula is C41H46F17NO7Si. The highest BCUT2D eigenvalue weighted by atomic mass is 28.4. The second-order valence-corrected chi connectivity index (χ2v) is 20.2. The van der Waals surface area contributed by atoms with E-state index in [1.807, 2.05) is 0 Å². The molecule has 2 rings (SSSR count). The maximum Gasteiger partial charge on any atom is 0.460 e. The minimum absolute atomic E-state index is 0.0721. The number of benzene rings is 2. The first-order valence-corrected chi connectivity index (χ1v) is 22.0. The van der Waals surface area contributed by atoms with E-state index >= 15 is 8.78 Å². The zero-order valence-corrected chi connectivity index (χ0v) is 37.2. The first-order chi connectivity index (χ1) is 30.5. The Labute approximate surface area is 373 Å². The highest BCUT2D eigenvalue weighted by Gasteiger charge is 2.95. The van der Waals surface area contributed by atoms with Crippen molar-refractivity contribution < 1.29 is 108 Å². The lowest BCUT2D eigenvalue weighted by Gasteiger charge is -2.44. The van der Waals surface area contributed by atoms with Crippen molar-refractivity contribution in [3.63, 3.8) is 0 Å². The number of hydrogen-bond acceptors (Lipinski definition) is 7. The number of anilines is 1. The van der Waals surface area contributed by atoms with Gasteiger partial charge in [0.25, 0.3) is 0 Å². The van der Waals surface area contributed by atoms with Gasteiger partial charge in [-0.05, 0) is 66.0 Å². The molecule has 0 radical (unpaired) electrons. The van der Waals surface area contributed by atoms with Crippen LogP contribution in [0.3, 0.4) is 0 Å². The fourth-order valence-electron chi connectivity index (χ4n) is 6.33. The summed E-state index contributed by atoms with van der Waals surface area (Å²) in [5.74, 6) is -56.8. The van der Waals surface area contributed by atoms with Gasteiger partial charge in [-0.2, -0.15) is 74.6 Å². The number of amides is 1. The summed E-state index contributed by atoms with van der Waals surface area (Å²) in [4.78, 5) is 24.4. The second kappa shape index (κ2) is 22.1. The average molecular weight is 1020 g/mol. The van der Waals surface area contributed by atoms with Gasteiger partial charge in [0.05, 0.1) is 20.3 Å². The van der Waals surface area contributed by atoms with Gasteiger partial charge in [-0.25, -0.2) is 9.59 Å². The third-order valence-electron chi connectivity index (χ3n) is 10.2. The minimum atomic E-state index is -8.70. The molecule has 2 aromatic carbocycles. The molecule has 0 heterocycles. The highest BCUT2D eigenvalue weighted by molar-refractivity contribution is 6.76. The van der Waals surface area contributed by atoms with E-state index in [0.29, 0.717) is 17.0 Å². The van der Waals surface area contributed by atoms with Crippen molar-refractivity contribution in [2.75, 3.05) is 32.2 Å². The number of allylic oxidation sites excluding steroid dienone is 2. The predicted molar refractivity (Wildman–Crippen MR) is 209 cm³/mol. The number of carbonyl (C=O) groups excluding carboxylic acids is 2. The summed E-state index contributed by atoms with van der Waals surface area (Å²) in [6.07, 6.45) is -6.53. The van der Waals surface area contributed by atoms with Gasteiger partial charge in [-0.1, -0.05) is 58.1 Å². The number of nitrogens with one attached hydrogen (secondary N) is 1. The molecule has 380 valence electrons. The number of halogens is 17. The summed E-state index contributed by atoms with van der Waals surface area (Å²) in [5, 5.41) is 2.55. The van der Waals surface area contributed by atoms with Gasteiger partial charge < -0.3 is 23.4 Å². The van der Waals surface area contributed by atoms with Crippen molar-refractivity contribution in [2.45, 2.75) is 118 Å². The van der Waals surface area contributed by atoms with Crippen molar-refractivity contribution in [3.8, 4) is 11.5 Å². The molecule has 26 heteroatoms. The number of alkyl halides is 17. The van der Waals surface area contributed by atoms with Crippen LogP contribution in [0.4, 0.5) is 85.1 Å². The molecule has 0 aliphatic heterocycles. The lowest BCUT2D eigenvalue weighted by atomic mass is 9.88. The Hall–Kier alpha value is -4.75. The van der Waals surface area contributed by atoms with E-state index in [0.717, 1.165) is 6.08 Å². The molecule has 0 spiro atoms. The van der Waals surface area contributed by atoms with Crippen molar-refractivity contribution in [1.29, 1.82) is 0 Å². The molecular weight excluding hydrogens is 970 g/mol. The van der Waals surface area contributed by atoms with Crippen LogP contribution in [-0.4, -0.2) is 94.9 Å². The predicted octanol–water partition coefficient (Wildman–Crippen LogP) is 13.6. The van der Waals surface area contributed by atoms with Crippen LogP contribution in [0.1, 0.15) is 59.1 Å². The summed E-state index contributed by atoms with van der Waals surface area (Å²) in [5.41, 5.74) is -1.01. The molecule has 0 fully saturated rings. The van der Waals surface area contributed by atoms with Crippen LogP contribution in [-0.2, 0) is 18.7 Å². The van der Waals surface area contributed by atoms with Crippen LogP contribution in [0, 0.1) is 0 Å². The Bertz CT molecular complexity index is 1970. The van der Waals surface area contributed by atoms with E-state index in [1.165, 1.54) is 71.2 Å². The van der Waals surface area contributed by atoms with Gasteiger partial charge in [-0.3, -0.25) is 5.32 Å². The smallest absolute Gasteiger partial charge is 0.460 e. The third kappa shape index (κ3) is 12.7.